The molecule has 128 valence electrons. The van der Waals surface area contributed by atoms with Crippen LogP contribution < -0.4 is 5.32 Å². The molecule has 1 aromatic carbocycles. The first-order chi connectivity index (χ1) is 11.6. The van der Waals surface area contributed by atoms with Crippen LogP contribution in [0.3, 0.4) is 0 Å². The van der Waals surface area contributed by atoms with Gasteiger partial charge < -0.3 is 10.1 Å². The Balaban J connectivity index is 1.99. The van der Waals surface area contributed by atoms with E-state index in [4.69, 9.17) is 4.74 Å². The van der Waals surface area contributed by atoms with Crippen molar-refractivity contribution < 1.29 is 9.53 Å². The predicted octanol–water partition coefficient (Wildman–Crippen LogP) is 2.84. The quantitative estimate of drug-likeness (QED) is 0.742. The van der Waals surface area contributed by atoms with Crippen LogP contribution in [0, 0.1) is 6.92 Å². The third-order valence-corrected chi connectivity index (χ3v) is 4.27. The molecular formula is C18H23N3O2S. The van der Waals surface area contributed by atoms with Crippen LogP contribution in [-0.4, -0.2) is 41.1 Å². The summed E-state index contributed by atoms with van der Waals surface area (Å²) < 4.78 is 4.84. The van der Waals surface area contributed by atoms with Gasteiger partial charge in [-0.15, -0.1) is 0 Å². The fraction of sp³-hybridized carbons (Fsp3) is 0.389. The molecule has 24 heavy (non-hydrogen) atoms. The van der Waals surface area contributed by atoms with Crippen LogP contribution in [0.4, 0.5) is 0 Å². The Bertz CT molecular complexity index is 662. The Morgan fingerprint density at radius 3 is 2.71 bits per heavy atom. The smallest absolute Gasteiger partial charge is 0.322 e. The average molecular weight is 345 g/mol. The highest BCUT2D eigenvalue weighted by molar-refractivity contribution is 7.98. The van der Waals surface area contributed by atoms with Crippen LogP contribution in [0.2, 0.25) is 0 Å². The van der Waals surface area contributed by atoms with E-state index < -0.39 is 0 Å². The number of nitrogens with one attached hydrogen (secondary N) is 1. The summed E-state index contributed by atoms with van der Waals surface area (Å²) in [7, 11) is 1.41. The Hall–Kier alpha value is -1.92. The summed E-state index contributed by atoms with van der Waals surface area (Å²) in [4.78, 5) is 20.6. The van der Waals surface area contributed by atoms with Crippen molar-refractivity contribution in [2.45, 2.75) is 25.9 Å². The van der Waals surface area contributed by atoms with Crippen molar-refractivity contribution in [3.8, 4) is 11.4 Å². The van der Waals surface area contributed by atoms with Gasteiger partial charge in [-0.1, -0.05) is 23.8 Å². The molecule has 0 aliphatic rings. The maximum atomic E-state index is 11.8. The minimum Gasteiger partial charge on any atom is -0.468 e. The lowest BCUT2D eigenvalue weighted by Crippen LogP contribution is -2.37. The molecular weight excluding hydrogens is 322 g/mol. The molecule has 5 nitrogen and oxygen atoms in total. The lowest BCUT2D eigenvalue weighted by atomic mass is 10.1. The number of hydrogen-bond donors (Lipinski definition) is 1. The highest BCUT2D eigenvalue weighted by Crippen LogP contribution is 2.15. The Kier molecular flexibility index (Phi) is 7.21. The fourth-order valence-corrected chi connectivity index (χ4v) is 2.77. The van der Waals surface area contributed by atoms with Crippen molar-refractivity contribution in [1.29, 1.82) is 0 Å². The molecule has 1 aromatic heterocycles. The van der Waals surface area contributed by atoms with E-state index in [0.29, 0.717) is 12.4 Å². The third kappa shape index (κ3) is 5.32. The number of esters is 1. The van der Waals surface area contributed by atoms with E-state index in [-0.39, 0.29) is 12.0 Å². The predicted molar refractivity (Wildman–Crippen MR) is 97.8 cm³/mol. The normalized spacial score (nSPS) is 12.0. The van der Waals surface area contributed by atoms with E-state index in [0.717, 1.165) is 23.3 Å². The minimum absolute atomic E-state index is 0.235. The van der Waals surface area contributed by atoms with Gasteiger partial charge in [-0.3, -0.25) is 4.79 Å². The van der Waals surface area contributed by atoms with Gasteiger partial charge in [0.2, 0.25) is 0 Å². The van der Waals surface area contributed by atoms with Crippen LogP contribution in [0.15, 0.2) is 36.7 Å². The van der Waals surface area contributed by atoms with E-state index in [1.54, 1.807) is 24.2 Å². The van der Waals surface area contributed by atoms with Gasteiger partial charge >= 0.3 is 5.97 Å². The lowest BCUT2D eigenvalue weighted by molar-refractivity contribution is -0.143. The highest BCUT2D eigenvalue weighted by atomic mass is 32.2. The van der Waals surface area contributed by atoms with E-state index >= 15 is 0 Å². The molecule has 0 spiro atoms. The van der Waals surface area contributed by atoms with Crippen LogP contribution >= 0.6 is 11.8 Å². The Morgan fingerprint density at radius 1 is 1.33 bits per heavy atom. The summed E-state index contributed by atoms with van der Waals surface area (Å²) in [6.45, 7) is 2.57. The minimum atomic E-state index is -0.307. The second kappa shape index (κ2) is 9.39. The molecule has 0 fully saturated rings. The monoisotopic (exact) mass is 345 g/mol. The lowest BCUT2D eigenvalue weighted by Gasteiger charge is -2.15. The molecule has 1 atom stereocenters. The number of rotatable bonds is 8. The van der Waals surface area contributed by atoms with Gasteiger partial charge in [0, 0.05) is 30.1 Å². The molecule has 1 N–H and O–H groups in total. The number of nitrogens with zero attached hydrogens (tertiary/aromatic N) is 2. The standard InChI is InChI=1S/C18H23N3O2S/c1-13-5-4-6-15(9-13)17-20-11-14(12-21-17)10-19-16(7-8-24-3)18(22)23-2/h4-6,9,11-12,16,19H,7-8,10H2,1-3H3/t16-/m0/s1. The first kappa shape index (κ1) is 18.4. The summed E-state index contributed by atoms with van der Waals surface area (Å²) in [6, 6.07) is 7.79. The number of carbonyl (C=O) groups is 1. The highest BCUT2D eigenvalue weighted by Gasteiger charge is 2.17. The largest absolute Gasteiger partial charge is 0.468 e. The number of thioether (sulfide) groups is 1. The molecule has 0 amide bonds. The molecule has 6 heteroatoms. The summed E-state index contributed by atoms with van der Waals surface area (Å²) in [5.41, 5.74) is 3.11. The van der Waals surface area contributed by atoms with Gasteiger partial charge in [-0.05, 0) is 31.4 Å². The van der Waals surface area contributed by atoms with Crippen molar-refractivity contribution >= 4 is 17.7 Å². The number of carbonyl (C=O) groups excluding carboxylic acids is 1. The molecule has 0 saturated heterocycles. The zero-order valence-corrected chi connectivity index (χ0v) is 15.1. The van der Waals surface area contributed by atoms with Gasteiger partial charge in [0.05, 0.1) is 7.11 Å². The SMILES string of the molecule is COC(=O)[C@H](CCSC)NCc1cnc(-c2cccc(C)c2)nc1. The molecule has 2 rings (SSSR count). The second-order valence-electron chi connectivity index (χ2n) is 5.52. The summed E-state index contributed by atoms with van der Waals surface area (Å²) in [5.74, 6) is 1.37. The van der Waals surface area contributed by atoms with Crippen LogP contribution in [0.5, 0.6) is 0 Å². The molecule has 0 unspecified atom stereocenters. The van der Waals surface area contributed by atoms with Crippen molar-refractivity contribution in [3.63, 3.8) is 0 Å². The van der Waals surface area contributed by atoms with Crippen LogP contribution in [0.25, 0.3) is 11.4 Å². The number of methoxy groups -OCH3 is 1. The molecule has 0 saturated carbocycles. The third-order valence-electron chi connectivity index (χ3n) is 3.63. The topological polar surface area (TPSA) is 64.1 Å². The first-order valence-electron chi connectivity index (χ1n) is 7.82. The zero-order valence-electron chi connectivity index (χ0n) is 14.3. The van der Waals surface area contributed by atoms with E-state index in [1.807, 2.05) is 31.4 Å². The second-order valence-corrected chi connectivity index (χ2v) is 6.51. The number of hydrogen-bond acceptors (Lipinski definition) is 6. The molecule has 0 aliphatic carbocycles. The van der Waals surface area contributed by atoms with Gasteiger partial charge in [0.1, 0.15) is 6.04 Å². The molecule has 0 aliphatic heterocycles. The van der Waals surface area contributed by atoms with Gasteiger partial charge in [-0.2, -0.15) is 11.8 Å². The van der Waals surface area contributed by atoms with Crippen molar-refractivity contribution in [2.75, 3.05) is 19.1 Å². The van der Waals surface area contributed by atoms with Gasteiger partial charge in [0.15, 0.2) is 5.82 Å². The average Bonchev–Trinajstić information content (AvgIpc) is 2.61. The van der Waals surface area contributed by atoms with E-state index in [1.165, 1.54) is 12.7 Å². The Morgan fingerprint density at radius 2 is 2.08 bits per heavy atom. The van der Waals surface area contributed by atoms with E-state index in [2.05, 4.69) is 21.4 Å². The first-order valence-corrected chi connectivity index (χ1v) is 9.21. The summed E-state index contributed by atoms with van der Waals surface area (Å²) >= 11 is 1.71. The zero-order chi connectivity index (χ0) is 17.4. The fourth-order valence-electron chi connectivity index (χ4n) is 2.30. The van der Waals surface area contributed by atoms with E-state index in [9.17, 15) is 4.79 Å². The summed E-state index contributed by atoms with van der Waals surface area (Å²) in [6.07, 6.45) is 6.34. The van der Waals surface area contributed by atoms with Gasteiger partial charge in [0.25, 0.3) is 0 Å². The number of benzene rings is 1. The molecule has 1 heterocycles. The number of ether oxygens (including phenoxy) is 1. The molecule has 2 aromatic rings. The summed E-state index contributed by atoms with van der Waals surface area (Å²) in [5, 5.41) is 3.22. The molecule has 0 radical (unpaired) electrons. The maximum Gasteiger partial charge on any atom is 0.322 e. The maximum absolute atomic E-state index is 11.8. The van der Waals surface area contributed by atoms with Gasteiger partial charge in [-0.25, -0.2) is 9.97 Å². The van der Waals surface area contributed by atoms with Crippen LogP contribution in [0.1, 0.15) is 17.5 Å². The van der Waals surface area contributed by atoms with Crippen molar-refractivity contribution in [1.82, 2.24) is 15.3 Å². The van der Waals surface area contributed by atoms with Crippen LogP contribution in [-0.2, 0) is 16.1 Å². The number of aromatic nitrogens is 2. The van der Waals surface area contributed by atoms with Crippen molar-refractivity contribution in [3.05, 3.63) is 47.8 Å². The van der Waals surface area contributed by atoms with Crippen molar-refractivity contribution in [2.24, 2.45) is 0 Å². The Labute approximate surface area is 147 Å². The molecule has 0 bridgehead atoms. The number of aryl methyl sites for hydroxylation is 1.